The molecule has 1 aromatic heterocycles. The number of sulfonamides is 1. The number of nitrogens with zero attached hydrogens (tertiary/aromatic N) is 2. The summed E-state index contributed by atoms with van der Waals surface area (Å²) in [5.74, 6) is 0.0660. The van der Waals surface area contributed by atoms with Crippen molar-refractivity contribution in [1.82, 2.24) is 10.3 Å². The minimum absolute atomic E-state index is 0.0762. The van der Waals surface area contributed by atoms with Crippen LogP contribution in [0.25, 0.3) is 11.1 Å². The van der Waals surface area contributed by atoms with Gasteiger partial charge in [0.25, 0.3) is 15.9 Å². The lowest BCUT2D eigenvalue weighted by Crippen LogP contribution is -2.36. The number of pyridine rings is 1. The molecule has 1 fully saturated rings. The maximum Gasteiger partial charge on any atom is 0.416 e. The Hall–Kier alpha value is -4.18. The number of alkyl halides is 3. The van der Waals surface area contributed by atoms with Crippen molar-refractivity contribution in [2.45, 2.75) is 55.8 Å². The van der Waals surface area contributed by atoms with Crippen LogP contribution in [0.4, 0.5) is 19.0 Å². The standard InChI is InChI=1S/C32H30F3N3O3S/c33-32(34,35)27-17-19-29(20-18-27)42(40,41)38(30-8-4-5-21-36-30)22-23-9-11-24(12-10-23)25-13-15-26(16-14-25)31(39)37-28-6-2-1-3-7-28/h4-5,8-21,28H,1-3,6-7,22H2,(H,37,39). The second-order valence-electron chi connectivity index (χ2n) is 10.3. The molecule has 1 aliphatic carbocycles. The molecule has 10 heteroatoms. The Bertz CT molecular complexity index is 1600. The van der Waals surface area contributed by atoms with Crippen LogP contribution < -0.4 is 9.62 Å². The second-order valence-corrected chi connectivity index (χ2v) is 12.2. The summed E-state index contributed by atoms with van der Waals surface area (Å²) in [6.07, 6.45) is 2.40. The van der Waals surface area contributed by atoms with Crippen LogP contribution in [0.2, 0.25) is 0 Å². The molecule has 1 aliphatic rings. The van der Waals surface area contributed by atoms with Gasteiger partial charge in [0, 0.05) is 17.8 Å². The van der Waals surface area contributed by atoms with Crippen LogP contribution in [0, 0.1) is 0 Å². The van der Waals surface area contributed by atoms with E-state index in [-0.39, 0.29) is 29.2 Å². The highest BCUT2D eigenvalue weighted by atomic mass is 32.2. The van der Waals surface area contributed by atoms with Crippen molar-refractivity contribution in [1.29, 1.82) is 0 Å². The monoisotopic (exact) mass is 593 g/mol. The van der Waals surface area contributed by atoms with E-state index in [0.29, 0.717) is 11.1 Å². The van der Waals surface area contributed by atoms with E-state index in [0.717, 1.165) is 65.4 Å². The molecule has 4 aromatic rings. The van der Waals surface area contributed by atoms with Crippen molar-refractivity contribution in [3.8, 4) is 11.1 Å². The molecule has 1 saturated carbocycles. The van der Waals surface area contributed by atoms with E-state index < -0.39 is 21.8 Å². The zero-order valence-corrected chi connectivity index (χ0v) is 23.5. The number of carbonyl (C=O) groups is 1. The average Bonchev–Trinajstić information content (AvgIpc) is 3.01. The summed E-state index contributed by atoms with van der Waals surface area (Å²) < 4.78 is 67.3. The number of halogens is 3. The highest BCUT2D eigenvalue weighted by Crippen LogP contribution is 2.31. The first-order valence-corrected chi connectivity index (χ1v) is 15.2. The third-order valence-electron chi connectivity index (χ3n) is 7.38. The van der Waals surface area contributed by atoms with Crippen molar-refractivity contribution in [2.75, 3.05) is 4.31 Å². The van der Waals surface area contributed by atoms with Gasteiger partial charge in [0.05, 0.1) is 17.0 Å². The zero-order valence-electron chi connectivity index (χ0n) is 22.7. The molecule has 0 bridgehead atoms. The molecule has 1 N–H and O–H groups in total. The van der Waals surface area contributed by atoms with Gasteiger partial charge in [-0.15, -0.1) is 0 Å². The number of hydrogen-bond donors (Lipinski definition) is 1. The SMILES string of the molecule is O=C(NC1CCCCC1)c1ccc(-c2ccc(CN(c3ccccn3)S(=O)(=O)c3ccc(C(F)(F)F)cc3)cc2)cc1. The number of benzene rings is 3. The highest BCUT2D eigenvalue weighted by Gasteiger charge is 2.32. The van der Waals surface area contributed by atoms with Crippen LogP contribution in [0.3, 0.4) is 0 Å². The topological polar surface area (TPSA) is 79.4 Å². The lowest BCUT2D eigenvalue weighted by Gasteiger charge is -2.24. The smallest absolute Gasteiger partial charge is 0.349 e. The molecule has 0 radical (unpaired) electrons. The number of rotatable bonds is 8. The molecule has 1 amide bonds. The third-order valence-corrected chi connectivity index (χ3v) is 9.14. The summed E-state index contributed by atoms with van der Waals surface area (Å²) >= 11 is 0. The number of aromatic nitrogens is 1. The number of amides is 1. The number of hydrogen-bond acceptors (Lipinski definition) is 4. The Morgan fingerprint density at radius 2 is 1.45 bits per heavy atom. The van der Waals surface area contributed by atoms with Crippen molar-refractivity contribution >= 4 is 21.7 Å². The quantitative estimate of drug-likeness (QED) is 0.234. The molecule has 0 aliphatic heterocycles. The summed E-state index contributed by atoms with van der Waals surface area (Å²) in [6, 6.07) is 23.1. The Kier molecular flexibility index (Phi) is 8.63. The Morgan fingerprint density at radius 1 is 0.833 bits per heavy atom. The van der Waals surface area contributed by atoms with Crippen LogP contribution in [-0.4, -0.2) is 25.4 Å². The number of carbonyl (C=O) groups excluding carboxylic acids is 1. The van der Waals surface area contributed by atoms with E-state index in [1.807, 2.05) is 24.3 Å². The molecule has 218 valence electrons. The fourth-order valence-corrected chi connectivity index (χ4v) is 6.44. The van der Waals surface area contributed by atoms with E-state index in [4.69, 9.17) is 0 Å². The molecule has 1 heterocycles. The Balaban J connectivity index is 1.33. The van der Waals surface area contributed by atoms with Gasteiger partial charge in [0.2, 0.25) is 0 Å². The molecule has 0 atom stereocenters. The molecule has 5 rings (SSSR count). The van der Waals surface area contributed by atoms with E-state index in [1.54, 1.807) is 36.4 Å². The maximum absolute atomic E-state index is 13.6. The third kappa shape index (κ3) is 6.82. The van der Waals surface area contributed by atoms with E-state index in [2.05, 4.69) is 10.3 Å². The number of nitrogens with one attached hydrogen (secondary N) is 1. The fourth-order valence-electron chi connectivity index (χ4n) is 5.03. The van der Waals surface area contributed by atoms with Gasteiger partial charge in [-0.05, 0) is 78.1 Å². The summed E-state index contributed by atoms with van der Waals surface area (Å²) in [5, 5.41) is 3.12. The number of anilines is 1. The van der Waals surface area contributed by atoms with Gasteiger partial charge >= 0.3 is 6.18 Å². The van der Waals surface area contributed by atoms with E-state index in [9.17, 15) is 26.4 Å². The van der Waals surface area contributed by atoms with Gasteiger partial charge in [-0.1, -0.05) is 61.7 Å². The van der Waals surface area contributed by atoms with Gasteiger partial charge < -0.3 is 5.32 Å². The minimum atomic E-state index is -4.58. The summed E-state index contributed by atoms with van der Waals surface area (Å²) in [6.45, 7) is -0.0824. The van der Waals surface area contributed by atoms with Gasteiger partial charge in [-0.2, -0.15) is 13.2 Å². The summed E-state index contributed by atoms with van der Waals surface area (Å²) in [5.41, 5.74) is 2.10. The van der Waals surface area contributed by atoms with Crippen molar-refractivity contribution < 1.29 is 26.4 Å². The van der Waals surface area contributed by atoms with Crippen molar-refractivity contribution in [2.24, 2.45) is 0 Å². The Morgan fingerprint density at radius 3 is 2.02 bits per heavy atom. The van der Waals surface area contributed by atoms with Crippen LogP contribution in [-0.2, 0) is 22.7 Å². The van der Waals surface area contributed by atoms with Crippen LogP contribution in [0.5, 0.6) is 0 Å². The summed E-state index contributed by atoms with van der Waals surface area (Å²) in [4.78, 5) is 16.6. The van der Waals surface area contributed by atoms with E-state index >= 15 is 0 Å². The molecule has 0 spiro atoms. The first kappa shape index (κ1) is 29.3. The molecule has 0 saturated heterocycles. The lowest BCUT2D eigenvalue weighted by atomic mass is 9.95. The van der Waals surface area contributed by atoms with Crippen LogP contribution in [0.1, 0.15) is 53.6 Å². The van der Waals surface area contributed by atoms with E-state index in [1.165, 1.54) is 18.7 Å². The molecule has 3 aromatic carbocycles. The van der Waals surface area contributed by atoms with Crippen molar-refractivity contribution in [3.63, 3.8) is 0 Å². The van der Waals surface area contributed by atoms with Crippen molar-refractivity contribution in [3.05, 3.63) is 114 Å². The second kappa shape index (κ2) is 12.4. The molecular weight excluding hydrogens is 563 g/mol. The summed E-state index contributed by atoms with van der Waals surface area (Å²) in [7, 11) is -4.24. The molecule has 42 heavy (non-hydrogen) atoms. The highest BCUT2D eigenvalue weighted by molar-refractivity contribution is 7.92. The first-order chi connectivity index (χ1) is 20.1. The Labute approximate surface area is 243 Å². The largest absolute Gasteiger partial charge is 0.416 e. The molecule has 6 nitrogen and oxygen atoms in total. The zero-order chi connectivity index (χ0) is 29.7. The normalized spacial score (nSPS) is 14.4. The van der Waals surface area contributed by atoms with Gasteiger partial charge in [-0.25, -0.2) is 17.7 Å². The minimum Gasteiger partial charge on any atom is -0.349 e. The average molecular weight is 594 g/mol. The van der Waals surface area contributed by atoms with Gasteiger partial charge in [-0.3, -0.25) is 4.79 Å². The predicted octanol–water partition coefficient (Wildman–Crippen LogP) is 7.23. The van der Waals surface area contributed by atoms with Gasteiger partial charge in [0.15, 0.2) is 0 Å². The van der Waals surface area contributed by atoms with Crippen LogP contribution >= 0.6 is 0 Å². The molecule has 0 unspecified atom stereocenters. The van der Waals surface area contributed by atoms with Gasteiger partial charge in [0.1, 0.15) is 5.82 Å². The predicted molar refractivity (Wildman–Crippen MR) is 155 cm³/mol. The first-order valence-electron chi connectivity index (χ1n) is 13.7. The van der Waals surface area contributed by atoms with Crippen LogP contribution in [0.15, 0.2) is 102 Å². The fraction of sp³-hybridized carbons (Fsp3) is 0.250. The lowest BCUT2D eigenvalue weighted by molar-refractivity contribution is -0.137. The maximum atomic E-state index is 13.6. The molecular formula is C32H30F3N3O3S.